The molecule has 0 unspecified atom stereocenters. The summed E-state index contributed by atoms with van der Waals surface area (Å²) < 4.78 is 19.6. The summed E-state index contributed by atoms with van der Waals surface area (Å²) in [6.45, 7) is 7.85. The zero-order valence-corrected chi connectivity index (χ0v) is 20.1. The van der Waals surface area contributed by atoms with E-state index in [1.807, 2.05) is 19.1 Å². The predicted octanol–water partition coefficient (Wildman–Crippen LogP) is 3.40. The molecule has 1 fully saturated rings. The van der Waals surface area contributed by atoms with Crippen molar-refractivity contribution < 1.29 is 9.13 Å². The van der Waals surface area contributed by atoms with Gasteiger partial charge in [0.25, 0.3) is 0 Å². The number of morpholine rings is 1. The third kappa shape index (κ3) is 7.76. The van der Waals surface area contributed by atoms with Gasteiger partial charge in [-0.1, -0.05) is 30.3 Å². The van der Waals surface area contributed by atoms with Crippen LogP contribution in [-0.4, -0.2) is 43.7 Å². The largest absolute Gasteiger partial charge is 0.379 e. The van der Waals surface area contributed by atoms with Crippen LogP contribution in [0.5, 0.6) is 0 Å². The summed E-state index contributed by atoms with van der Waals surface area (Å²) in [6, 6.07) is 14.8. The van der Waals surface area contributed by atoms with E-state index in [0.717, 1.165) is 32.8 Å². The maximum absolute atomic E-state index is 14.1. The van der Waals surface area contributed by atoms with Crippen LogP contribution in [0.2, 0.25) is 0 Å². The van der Waals surface area contributed by atoms with Crippen LogP contribution >= 0.6 is 24.0 Å². The van der Waals surface area contributed by atoms with E-state index in [2.05, 4.69) is 33.7 Å². The number of nitriles is 1. The number of hydrogen-bond acceptors (Lipinski definition) is 4. The number of benzene rings is 2. The van der Waals surface area contributed by atoms with E-state index >= 15 is 0 Å². The highest BCUT2D eigenvalue weighted by Crippen LogP contribution is 2.14. The first kappa shape index (κ1) is 25.0. The van der Waals surface area contributed by atoms with Gasteiger partial charge in [-0.3, -0.25) is 4.90 Å². The number of hydrogen-bond donors (Lipinski definition) is 2. The third-order valence-corrected chi connectivity index (χ3v) is 5.00. The Morgan fingerprint density at radius 2 is 1.87 bits per heavy atom. The van der Waals surface area contributed by atoms with Gasteiger partial charge in [0.15, 0.2) is 5.96 Å². The molecule has 1 aliphatic heterocycles. The summed E-state index contributed by atoms with van der Waals surface area (Å²) in [7, 11) is 0. The number of guanidine groups is 1. The topological polar surface area (TPSA) is 72.7 Å². The van der Waals surface area contributed by atoms with E-state index in [4.69, 9.17) is 15.0 Å². The van der Waals surface area contributed by atoms with Gasteiger partial charge in [0.2, 0.25) is 0 Å². The number of halogens is 2. The van der Waals surface area contributed by atoms with Gasteiger partial charge >= 0.3 is 0 Å². The Hall–Kier alpha value is -2.22. The summed E-state index contributed by atoms with van der Waals surface area (Å²) in [4.78, 5) is 7.08. The fourth-order valence-electron chi connectivity index (χ4n) is 3.31. The summed E-state index contributed by atoms with van der Waals surface area (Å²) in [5, 5.41) is 15.3. The molecule has 1 saturated heterocycles. The van der Waals surface area contributed by atoms with Crippen LogP contribution in [0.15, 0.2) is 47.5 Å². The zero-order chi connectivity index (χ0) is 21.2. The first-order chi connectivity index (χ1) is 14.7. The van der Waals surface area contributed by atoms with Gasteiger partial charge in [-0.05, 0) is 30.2 Å². The highest BCUT2D eigenvalue weighted by Gasteiger charge is 2.12. The summed E-state index contributed by atoms with van der Waals surface area (Å²) in [6.07, 6.45) is 0. The molecule has 1 aliphatic rings. The lowest BCUT2D eigenvalue weighted by molar-refractivity contribution is 0.0341. The molecule has 0 saturated carbocycles. The quantitative estimate of drug-likeness (QED) is 0.322. The Morgan fingerprint density at radius 1 is 1.13 bits per heavy atom. The number of ether oxygens (including phenoxy) is 1. The number of aliphatic imine (C=N–C) groups is 1. The lowest BCUT2D eigenvalue weighted by atomic mass is 10.1. The van der Waals surface area contributed by atoms with Gasteiger partial charge in [0, 0.05) is 38.3 Å². The van der Waals surface area contributed by atoms with Crippen LogP contribution in [0.3, 0.4) is 0 Å². The van der Waals surface area contributed by atoms with Gasteiger partial charge in [0.05, 0.1) is 31.4 Å². The molecule has 6 nitrogen and oxygen atoms in total. The number of nitrogens with zero attached hydrogens (tertiary/aromatic N) is 3. The fourth-order valence-corrected chi connectivity index (χ4v) is 3.31. The normalized spacial score (nSPS) is 14.4. The Labute approximate surface area is 200 Å². The van der Waals surface area contributed by atoms with Crippen LogP contribution in [0.4, 0.5) is 4.39 Å². The van der Waals surface area contributed by atoms with Crippen molar-refractivity contribution in [3.8, 4) is 6.07 Å². The first-order valence-electron chi connectivity index (χ1n) is 10.3. The van der Waals surface area contributed by atoms with Crippen molar-refractivity contribution in [2.45, 2.75) is 26.6 Å². The van der Waals surface area contributed by atoms with Crippen molar-refractivity contribution in [2.24, 2.45) is 4.99 Å². The van der Waals surface area contributed by atoms with E-state index in [-0.39, 0.29) is 24.0 Å². The minimum atomic E-state index is -0.395. The Kier molecular flexibility index (Phi) is 10.7. The van der Waals surface area contributed by atoms with Crippen molar-refractivity contribution in [3.05, 3.63) is 70.5 Å². The first-order valence-corrected chi connectivity index (χ1v) is 10.3. The second-order valence-electron chi connectivity index (χ2n) is 7.12. The molecule has 0 bridgehead atoms. The molecule has 31 heavy (non-hydrogen) atoms. The zero-order valence-electron chi connectivity index (χ0n) is 17.7. The Bertz CT molecular complexity index is 909. The van der Waals surface area contributed by atoms with Gasteiger partial charge in [0.1, 0.15) is 5.82 Å². The second-order valence-corrected chi connectivity index (χ2v) is 7.12. The molecule has 8 heteroatoms. The summed E-state index contributed by atoms with van der Waals surface area (Å²) in [5.74, 6) is 0.232. The monoisotopic (exact) mass is 537 g/mol. The third-order valence-electron chi connectivity index (χ3n) is 5.00. The van der Waals surface area contributed by atoms with E-state index in [1.165, 1.54) is 17.2 Å². The highest BCUT2D eigenvalue weighted by molar-refractivity contribution is 14.0. The molecule has 0 amide bonds. The molecule has 2 N–H and O–H groups in total. The van der Waals surface area contributed by atoms with Crippen molar-refractivity contribution in [1.82, 2.24) is 15.5 Å². The molecule has 2 aromatic rings. The molecule has 0 aromatic heterocycles. The lowest BCUT2D eigenvalue weighted by Gasteiger charge is -2.27. The fraction of sp³-hybridized carbons (Fsp3) is 0.391. The number of rotatable bonds is 7. The molecule has 2 aromatic carbocycles. The van der Waals surface area contributed by atoms with E-state index in [9.17, 15) is 4.39 Å². The molecule has 1 heterocycles. The van der Waals surface area contributed by atoms with Crippen LogP contribution in [0, 0.1) is 17.1 Å². The Balaban J connectivity index is 0.00000341. The minimum absolute atomic E-state index is 0. The molecular formula is C23H29FIN5O. The molecule has 0 atom stereocenters. The molecule has 0 radical (unpaired) electrons. The van der Waals surface area contributed by atoms with Crippen molar-refractivity contribution in [3.63, 3.8) is 0 Å². The molecule has 3 rings (SSSR count). The smallest absolute Gasteiger partial charge is 0.191 e. The van der Waals surface area contributed by atoms with Crippen molar-refractivity contribution in [2.75, 3.05) is 32.8 Å². The second kappa shape index (κ2) is 13.2. The predicted molar refractivity (Wildman–Crippen MR) is 131 cm³/mol. The summed E-state index contributed by atoms with van der Waals surface area (Å²) in [5.41, 5.74) is 3.24. The van der Waals surface area contributed by atoms with E-state index < -0.39 is 5.82 Å². The van der Waals surface area contributed by atoms with E-state index in [0.29, 0.717) is 36.7 Å². The highest BCUT2D eigenvalue weighted by atomic mass is 127. The van der Waals surface area contributed by atoms with Crippen LogP contribution in [-0.2, 0) is 24.4 Å². The maximum Gasteiger partial charge on any atom is 0.191 e. The van der Waals surface area contributed by atoms with Gasteiger partial charge in [-0.2, -0.15) is 5.26 Å². The van der Waals surface area contributed by atoms with Crippen molar-refractivity contribution in [1.29, 1.82) is 5.26 Å². The van der Waals surface area contributed by atoms with Gasteiger partial charge in [-0.25, -0.2) is 9.38 Å². The lowest BCUT2D eigenvalue weighted by Crippen LogP contribution is -2.37. The minimum Gasteiger partial charge on any atom is -0.379 e. The molecule has 166 valence electrons. The average molecular weight is 537 g/mol. The molecule has 0 aliphatic carbocycles. The molecule has 0 spiro atoms. The molecular weight excluding hydrogens is 508 g/mol. The van der Waals surface area contributed by atoms with Crippen LogP contribution in [0.1, 0.15) is 29.2 Å². The average Bonchev–Trinajstić information content (AvgIpc) is 2.78. The van der Waals surface area contributed by atoms with E-state index in [1.54, 1.807) is 12.1 Å². The van der Waals surface area contributed by atoms with Crippen LogP contribution < -0.4 is 10.6 Å². The standard InChI is InChI=1S/C23H28FN5O.HI/c1-2-26-23(28-16-20-8-7-18(14-25)13-22(20)24)27-15-19-5-3-4-6-21(19)17-29-9-11-30-12-10-29;/h3-8,13H,2,9-12,15-17H2,1H3,(H2,26,27,28);1H. The van der Waals surface area contributed by atoms with Gasteiger partial charge < -0.3 is 15.4 Å². The SMILES string of the molecule is CCNC(=NCc1ccccc1CN1CCOCC1)NCc1ccc(C#N)cc1F.I. The van der Waals surface area contributed by atoms with Crippen LogP contribution in [0.25, 0.3) is 0 Å². The number of nitrogens with one attached hydrogen (secondary N) is 2. The Morgan fingerprint density at radius 3 is 2.55 bits per heavy atom. The van der Waals surface area contributed by atoms with Crippen molar-refractivity contribution >= 4 is 29.9 Å². The maximum atomic E-state index is 14.1. The summed E-state index contributed by atoms with van der Waals surface area (Å²) >= 11 is 0. The van der Waals surface area contributed by atoms with Gasteiger partial charge in [-0.15, -0.1) is 24.0 Å².